The van der Waals surface area contributed by atoms with Gasteiger partial charge in [0.05, 0.1) is 0 Å². The number of aryl methyl sites for hydroxylation is 3. The Kier molecular flexibility index (Phi) is 7.71. The third-order valence-corrected chi connectivity index (χ3v) is 7.61. The van der Waals surface area contributed by atoms with Gasteiger partial charge in [-0.15, -0.1) is 0 Å². The Morgan fingerprint density at radius 3 is 2.40 bits per heavy atom. The van der Waals surface area contributed by atoms with Gasteiger partial charge in [-0.3, -0.25) is 9.59 Å². The molecule has 0 saturated carbocycles. The molecule has 216 valence electrons. The molecule has 0 spiro atoms. The normalized spacial score (nSPS) is 12.7. The Balaban J connectivity index is 1.79. The number of aromatic amines is 1. The molecule has 8 nitrogen and oxygen atoms in total. The number of nitrogens with one attached hydrogen (secondary N) is 2. The lowest BCUT2D eigenvalue weighted by Crippen LogP contribution is -2.26. The molecule has 0 saturated heterocycles. The second-order valence-electron chi connectivity index (χ2n) is 10.4. The molecule has 1 amide bonds. The van der Waals surface area contributed by atoms with Crippen LogP contribution < -0.4 is 15.6 Å². The van der Waals surface area contributed by atoms with Gasteiger partial charge >= 0.3 is 0 Å². The molecule has 0 fully saturated rings. The number of aromatic nitrogens is 3. The number of hydrogen-bond acceptors (Lipinski definition) is 5. The summed E-state index contributed by atoms with van der Waals surface area (Å²) >= 11 is 0. The predicted octanol–water partition coefficient (Wildman–Crippen LogP) is 5.87. The van der Waals surface area contributed by atoms with Crippen LogP contribution in [0.15, 0.2) is 71.8 Å². The molecule has 0 aliphatic rings. The number of nitrogens with zero attached hydrogens (tertiary/aromatic N) is 2. The lowest BCUT2D eigenvalue weighted by molar-refractivity contribution is 0.0760. The van der Waals surface area contributed by atoms with Crippen molar-refractivity contribution in [3.8, 4) is 22.8 Å². The number of rotatable bonds is 8. The third kappa shape index (κ3) is 5.07. The summed E-state index contributed by atoms with van der Waals surface area (Å²) in [6.07, 6.45) is 3.50. The topological polar surface area (TPSA) is 109 Å². The van der Waals surface area contributed by atoms with Gasteiger partial charge in [0.1, 0.15) is 28.4 Å². The first kappa shape index (κ1) is 28.8. The van der Waals surface area contributed by atoms with Crippen LogP contribution in [0.25, 0.3) is 22.0 Å². The number of hydrogen-bond donors (Lipinski definition) is 3. The lowest BCUT2D eigenvalue weighted by atomic mass is 9.84. The van der Waals surface area contributed by atoms with Crippen LogP contribution in [0.3, 0.4) is 0 Å². The first-order valence-electron chi connectivity index (χ1n) is 13.8. The molecule has 3 aromatic heterocycles. The molecular weight excluding hydrogens is 535 g/mol. The van der Waals surface area contributed by atoms with E-state index >= 15 is 0 Å². The average Bonchev–Trinajstić information content (AvgIpc) is 3.43. The van der Waals surface area contributed by atoms with Gasteiger partial charge in [-0.05, 0) is 68.1 Å². The fraction of sp³-hybridized carbons (Fsp3) is 0.242. The van der Waals surface area contributed by atoms with Crippen LogP contribution in [0.4, 0.5) is 4.39 Å². The third-order valence-electron chi connectivity index (χ3n) is 7.61. The van der Waals surface area contributed by atoms with Gasteiger partial charge in [0.2, 0.25) is 5.88 Å². The highest BCUT2D eigenvalue weighted by Gasteiger charge is 2.32. The minimum Gasteiger partial charge on any atom is -0.438 e. The van der Waals surface area contributed by atoms with Crippen molar-refractivity contribution in [2.45, 2.75) is 39.7 Å². The molecule has 3 N–H and O–H groups in total. The maximum atomic E-state index is 13.7. The summed E-state index contributed by atoms with van der Waals surface area (Å²) in [5.41, 5.74) is 2.58. The standard InChI is InChI=1S/C33H33FN4O4/c1-6-33(41,21-11-13-23(34)14-12-21)22-15-25(31(36-17-22)42-29-19(3)9-8-10-20(29)4)26-18-38(5)32(40)28-24(26)16-27(37-28)30(39)35-7-2/h8-18,37,41H,6-7H2,1-5H3,(H,35,39). The van der Waals surface area contributed by atoms with E-state index in [-0.39, 0.29) is 35.0 Å². The smallest absolute Gasteiger partial charge is 0.274 e. The van der Waals surface area contributed by atoms with Crippen molar-refractivity contribution in [2.75, 3.05) is 6.54 Å². The van der Waals surface area contributed by atoms with Crippen LogP contribution >= 0.6 is 0 Å². The quantitative estimate of drug-likeness (QED) is 0.217. The van der Waals surface area contributed by atoms with Crippen molar-refractivity contribution >= 4 is 16.8 Å². The van der Waals surface area contributed by atoms with Gasteiger partial charge in [-0.1, -0.05) is 37.3 Å². The van der Waals surface area contributed by atoms with Crippen LogP contribution in [0.2, 0.25) is 0 Å². The molecule has 1 atom stereocenters. The summed E-state index contributed by atoms with van der Waals surface area (Å²) in [5, 5.41) is 15.2. The molecule has 42 heavy (non-hydrogen) atoms. The molecule has 2 aromatic carbocycles. The molecule has 0 bridgehead atoms. The molecule has 1 unspecified atom stereocenters. The van der Waals surface area contributed by atoms with Crippen LogP contribution in [0, 0.1) is 19.7 Å². The summed E-state index contributed by atoms with van der Waals surface area (Å²) < 4.78 is 21.6. The Morgan fingerprint density at radius 1 is 1.07 bits per heavy atom. The van der Waals surface area contributed by atoms with E-state index in [2.05, 4.69) is 15.3 Å². The lowest BCUT2D eigenvalue weighted by Gasteiger charge is -2.28. The number of aliphatic hydroxyl groups is 1. The van der Waals surface area contributed by atoms with E-state index < -0.39 is 11.4 Å². The van der Waals surface area contributed by atoms with E-state index in [4.69, 9.17) is 4.74 Å². The van der Waals surface area contributed by atoms with E-state index in [1.165, 1.54) is 16.7 Å². The van der Waals surface area contributed by atoms with Gasteiger partial charge in [0, 0.05) is 48.1 Å². The summed E-state index contributed by atoms with van der Waals surface area (Å²) in [6.45, 7) is 7.96. The predicted molar refractivity (Wildman–Crippen MR) is 160 cm³/mol. The Morgan fingerprint density at radius 2 is 1.76 bits per heavy atom. The summed E-state index contributed by atoms with van der Waals surface area (Å²) in [6, 6.07) is 15.0. The van der Waals surface area contributed by atoms with Gasteiger partial charge < -0.3 is 24.7 Å². The van der Waals surface area contributed by atoms with E-state index in [9.17, 15) is 19.1 Å². The maximum absolute atomic E-state index is 13.7. The maximum Gasteiger partial charge on any atom is 0.274 e. The zero-order chi connectivity index (χ0) is 30.2. The summed E-state index contributed by atoms with van der Waals surface area (Å²) in [4.78, 5) is 33.5. The molecule has 0 aliphatic heterocycles. The molecule has 5 rings (SSSR count). The van der Waals surface area contributed by atoms with E-state index in [0.29, 0.717) is 39.9 Å². The number of amides is 1. The zero-order valence-corrected chi connectivity index (χ0v) is 24.2. The van der Waals surface area contributed by atoms with Crippen molar-refractivity contribution < 1.29 is 19.0 Å². The second-order valence-corrected chi connectivity index (χ2v) is 10.4. The van der Waals surface area contributed by atoms with E-state index in [1.54, 1.807) is 43.7 Å². The largest absolute Gasteiger partial charge is 0.438 e. The van der Waals surface area contributed by atoms with Crippen molar-refractivity contribution in [3.05, 3.63) is 111 Å². The first-order valence-corrected chi connectivity index (χ1v) is 13.8. The Bertz CT molecular complexity index is 1840. The highest BCUT2D eigenvalue weighted by Crippen LogP contribution is 2.41. The van der Waals surface area contributed by atoms with E-state index in [1.807, 2.05) is 45.9 Å². The van der Waals surface area contributed by atoms with Crippen molar-refractivity contribution in [3.63, 3.8) is 0 Å². The second kappa shape index (κ2) is 11.3. The van der Waals surface area contributed by atoms with Crippen LogP contribution in [-0.4, -0.2) is 32.1 Å². The van der Waals surface area contributed by atoms with Crippen molar-refractivity contribution in [2.24, 2.45) is 7.05 Å². The summed E-state index contributed by atoms with van der Waals surface area (Å²) in [5.74, 6) is 0.157. The first-order chi connectivity index (χ1) is 20.1. The van der Waals surface area contributed by atoms with Gasteiger partial charge in [0.15, 0.2) is 0 Å². The number of fused-ring (bicyclic) bond motifs is 1. The number of carbonyl (C=O) groups excluding carboxylic acids is 1. The SMILES string of the molecule is CCNC(=O)c1cc2c(-c3cc(C(O)(CC)c4ccc(F)cc4)cnc3Oc3c(C)cccc3C)cn(C)c(=O)c2[nH]1. The van der Waals surface area contributed by atoms with Gasteiger partial charge in [-0.2, -0.15) is 0 Å². The number of ether oxygens (including phenoxy) is 1. The van der Waals surface area contributed by atoms with Crippen LogP contribution in [-0.2, 0) is 12.6 Å². The van der Waals surface area contributed by atoms with Crippen LogP contribution in [0.1, 0.15) is 53.0 Å². The number of halogens is 1. The molecule has 0 aliphatic carbocycles. The van der Waals surface area contributed by atoms with Gasteiger partial charge in [-0.25, -0.2) is 9.37 Å². The zero-order valence-electron chi connectivity index (χ0n) is 24.2. The number of carbonyl (C=O) groups is 1. The Labute approximate surface area is 242 Å². The Hall–Kier alpha value is -4.76. The number of pyridine rings is 2. The molecule has 3 heterocycles. The van der Waals surface area contributed by atoms with Crippen molar-refractivity contribution in [1.29, 1.82) is 0 Å². The molecular formula is C33H33FN4O4. The highest BCUT2D eigenvalue weighted by atomic mass is 19.1. The molecule has 5 aromatic rings. The fourth-order valence-electron chi connectivity index (χ4n) is 5.24. The van der Waals surface area contributed by atoms with Crippen LogP contribution in [0.5, 0.6) is 11.6 Å². The number of H-pyrrole nitrogens is 1. The average molecular weight is 569 g/mol. The molecule has 9 heteroatoms. The minimum atomic E-state index is -1.49. The monoisotopic (exact) mass is 568 g/mol. The number of para-hydroxylation sites is 1. The highest BCUT2D eigenvalue weighted by molar-refractivity contribution is 6.03. The fourth-order valence-corrected chi connectivity index (χ4v) is 5.24. The van der Waals surface area contributed by atoms with E-state index in [0.717, 1.165) is 11.1 Å². The minimum absolute atomic E-state index is 0.245. The van der Waals surface area contributed by atoms with Crippen molar-refractivity contribution in [1.82, 2.24) is 19.9 Å². The summed E-state index contributed by atoms with van der Waals surface area (Å²) in [7, 11) is 1.63. The molecule has 0 radical (unpaired) electrons. The van der Waals surface area contributed by atoms with Gasteiger partial charge in [0.25, 0.3) is 11.5 Å². The number of benzene rings is 2.